The van der Waals surface area contributed by atoms with Gasteiger partial charge in [-0.1, -0.05) is 39.8 Å². The summed E-state index contributed by atoms with van der Waals surface area (Å²) in [6.45, 7) is 8.76. The smallest absolute Gasteiger partial charge is 0.322 e. The highest BCUT2D eigenvalue weighted by atomic mass is 16.5. The van der Waals surface area contributed by atoms with E-state index in [0.717, 1.165) is 17.7 Å². The Balaban J connectivity index is 2.06. The molecule has 2 aromatic rings. The number of aryl methyl sites for hydroxylation is 2. The molecule has 0 fully saturated rings. The van der Waals surface area contributed by atoms with Crippen LogP contribution >= 0.6 is 0 Å². The van der Waals surface area contributed by atoms with Crippen molar-refractivity contribution in [1.29, 1.82) is 0 Å². The molecule has 0 radical (unpaired) electrons. The van der Waals surface area contributed by atoms with E-state index >= 15 is 0 Å². The van der Waals surface area contributed by atoms with E-state index in [2.05, 4.69) is 43.4 Å². The molecule has 0 bridgehead atoms. The number of carbonyl (C=O) groups is 2. The van der Waals surface area contributed by atoms with Crippen molar-refractivity contribution in [3.8, 4) is 0 Å². The fourth-order valence-corrected chi connectivity index (χ4v) is 2.83. The highest BCUT2D eigenvalue weighted by Crippen LogP contribution is 2.23. The molecule has 0 spiro atoms. The Bertz CT molecular complexity index is 870. The van der Waals surface area contributed by atoms with Gasteiger partial charge in [0, 0.05) is 37.9 Å². The molecule has 0 saturated heterocycles. The molecule has 2 N–H and O–H groups in total. The number of methoxy groups -OCH3 is 1. The summed E-state index contributed by atoms with van der Waals surface area (Å²) in [5.74, 6) is 0.291. The van der Waals surface area contributed by atoms with Gasteiger partial charge in [-0.05, 0) is 24.1 Å². The number of nitrogens with one attached hydrogen (secondary N) is 2. The molecular formula is C22H33N5O3. The van der Waals surface area contributed by atoms with Gasteiger partial charge in [-0.15, -0.1) is 0 Å². The van der Waals surface area contributed by atoms with E-state index in [1.165, 1.54) is 4.90 Å². The lowest BCUT2D eigenvalue weighted by Crippen LogP contribution is -2.42. The predicted octanol–water partition coefficient (Wildman–Crippen LogP) is 3.40. The van der Waals surface area contributed by atoms with E-state index in [4.69, 9.17) is 4.74 Å². The highest BCUT2D eigenvalue weighted by molar-refractivity contribution is 5.96. The van der Waals surface area contributed by atoms with E-state index in [1.807, 2.05) is 30.3 Å². The number of hydrogen-bond donors (Lipinski definition) is 2. The third-order valence-corrected chi connectivity index (χ3v) is 4.69. The van der Waals surface area contributed by atoms with Gasteiger partial charge < -0.3 is 20.3 Å². The molecule has 164 valence electrons. The third-order valence-electron chi connectivity index (χ3n) is 4.69. The number of amides is 3. The van der Waals surface area contributed by atoms with Crippen LogP contribution in [-0.4, -0.2) is 53.4 Å². The zero-order valence-corrected chi connectivity index (χ0v) is 18.8. The number of hydrogen-bond acceptors (Lipinski definition) is 4. The lowest BCUT2D eigenvalue weighted by atomic mass is 9.92. The molecular weight excluding hydrogens is 382 g/mol. The van der Waals surface area contributed by atoms with Crippen LogP contribution in [0.25, 0.3) is 0 Å². The van der Waals surface area contributed by atoms with Crippen LogP contribution in [0, 0.1) is 0 Å². The Morgan fingerprint density at radius 2 is 1.93 bits per heavy atom. The molecule has 3 amide bonds. The number of benzene rings is 1. The van der Waals surface area contributed by atoms with Gasteiger partial charge in [-0.25, -0.2) is 4.79 Å². The fraction of sp³-hybridized carbons (Fsp3) is 0.500. The van der Waals surface area contributed by atoms with E-state index in [-0.39, 0.29) is 23.9 Å². The summed E-state index contributed by atoms with van der Waals surface area (Å²) in [6, 6.07) is 9.16. The number of aromatic nitrogens is 2. The van der Waals surface area contributed by atoms with Crippen LogP contribution in [0.5, 0.6) is 0 Å². The van der Waals surface area contributed by atoms with Crippen LogP contribution in [0.2, 0.25) is 0 Å². The molecule has 0 aliphatic heterocycles. The average molecular weight is 416 g/mol. The molecule has 30 heavy (non-hydrogen) atoms. The standard InChI is InChI=1S/C22H33N5O3/c1-7-16-9-8-10-17(13-16)23-21(29)27(11-12-30-6)15-20(28)24-19-14-18(22(2,3)4)25-26(19)5/h8-10,13-14H,7,11-12,15H2,1-6H3,(H,23,29)(H,24,28). The van der Waals surface area contributed by atoms with Gasteiger partial charge in [-0.2, -0.15) is 5.10 Å². The lowest BCUT2D eigenvalue weighted by Gasteiger charge is -2.22. The summed E-state index contributed by atoms with van der Waals surface area (Å²) < 4.78 is 6.73. The van der Waals surface area contributed by atoms with Crippen LogP contribution in [0.3, 0.4) is 0 Å². The van der Waals surface area contributed by atoms with E-state index in [0.29, 0.717) is 24.7 Å². The van der Waals surface area contributed by atoms with Gasteiger partial charge >= 0.3 is 6.03 Å². The van der Waals surface area contributed by atoms with E-state index < -0.39 is 0 Å². The highest BCUT2D eigenvalue weighted by Gasteiger charge is 2.21. The first-order valence-electron chi connectivity index (χ1n) is 10.1. The fourth-order valence-electron chi connectivity index (χ4n) is 2.83. The van der Waals surface area contributed by atoms with Crippen molar-refractivity contribution in [2.75, 3.05) is 37.4 Å². The predicted molar refractivity (Wildman–Crippen MR) is 119 cm³/mol. The second-order valence-electron chi connectivity index (χ2n) is 8.24. The largest absolute Gasteiger partial charge is 0.383 e. The molecule has 8 heteroatoms. The molecule has 8 nitrogen and oxygen atoms in total. The summed E-state index contributed by atoms with van der Waals surface area (Å²) >= 11 is 0. The van der Waals surface area contributed by atoms with Gasteiger partial charge in [0.15, 0.2) is 0 Å². The molecule has 0 atom stereocenters. The third kappa shape index (κ3) is 6.59. The second kappa shape index (κ2) is 10.2. The number of urea groups is 1. The number of rotatable bonds is 8. The Kier molecular flexibility index (Phi) is 8.00. The van der Waals surface area contributed by atoms with Crippen LogP contribution in [0.1, 0.15) is 39.0 Å². The molecule has 1 aromatic heterocycles. The zero-order valence-electron chi connectivity index (χ0n) is 18.8. The maximum atomic E-state index is 12.8. The Labute approximate surface area is 178 Å². The molecule has 0 unspecified atom stereocenters. The quantitative estimate of drug-likeness (QED) is 0.692. The first-order valence-corrected chi connectivity index (χ1v) is 10.1. The van der Waals surface area contributed by atoms with Gasteiger partial charge in [0.05, 0.1) is 12.3 Å². The molecule has 2 rings (SSSR count). The Hall–Kier alpha value is -2.87. The number of nitrogens with zero attached hydrogens (tertiary/aromatic N) is 3. The monoisotopic (exact) mass is 415 g/mol. The van der Waals surface area contributed by atoms with Gasteiger partial charge in [0.2, 0.25) is 5.91 Å². The minimum absolute atomic E-state index is 0.0985. The van der Waals surface area contributed by atoms with Crippen molar-refractivity contribution in [3.63, 3.8) is 0 Å². The number of anilines is 2. The minimum Gasteiger partial charge on any atom is -0.383 e. The molecule has 0 aliphatic carbocycles. The minimum atomic E-state index is -0.351. The Morgan fingerprint density at radius 3 is 2.53 bits per heavy atom. The van der Waals surface area contributed by atoms with Crippen molar-refractivity contribution in [3.05, 3.63) is 41.6 Å². The van der Waals surface area contributed by atoms with Gasteiger partial charge in [0.25, 0.3) is 0 Å². The summed E-state index contributed by atoms with van der Waals surface area (Å²) in [4.78, 5) is 26.8. The SMILES string of the molecule is CCc1cccc(NC(=O)N(CCOC)CC(=O)Nc2cc(C(C)(C)C)nn2C)c1. The number of ether oxygens (including phenoxy) is 1. The van der Waals surface area contributed by atoms with Crippen LogP contribution in [0.15, 0.2) is 30.3 Å². The van der Waals surface area contributed by atoms with Crippen molar-refractivity contribution < 1.29 is 14.3 Å². The van der Waals surface area contributed by atoms with Crippen molar-refractivity contribution >= 4 is 23.4 Å². The van der Waals surface area contributed by atoms with Crippen molar-refractivity contribution in [2.45, 2.75) is 39.5 Å². The maximum absolute atomic E-state index is 12.8. The molecule has 0 saturated carbocycles. The van der Waals surface area contributed by atoms with Crippen molar-refractivity contribution in [1.82, 2.24) is 14.7 Å². The first-order chi connectivity index (χ1) is 14.1. The molecule has 1 heterocycles. The normalized spacial score (nSPS) is 11.3. The summed E-state index contributed by atoms with van der Waals surface area (Å²) in [7, 11) is 3.34. The van der Waals surface area contributed by atoms with Gasteiger partial charge in [-0.3, -0.25) is 9.48 Å². The van der Waals surface area contributed by atoms with E-state index in [9.17, 15) is 9.59 Å². The van der Waals surface area contributed by atoms with Gasteiger partial charge in [0.1, 0.15) is 12.4 Å². The Morgan fingerprint density at radius 1 is 1.20 bits per heavy atom. The van der Waals surface area contributed by atoms with Crippen LogP contribution < -0.4 is 10.6 Å². The topological polar surface area (TPSA) is 88.5 Å². The molecule has 1 aromatic carbocycles. The van der Waals surface area contributed by atoms with Crippen molar-refractivity contribution in [2.24, 2.45) is 7.05 Å². The lowest BCUT2D eigenvalue weighted by molar-refractivity contribution is -0.116. The molecule has 0 aliphatic rings. The average Bonchev–Trinajstić information content (AvgIpc) is 3.06. The zero-order chi connectivity index (χ0) is 22.3. The summed E-state index contributed by atoms with van der Waals surface area (Å²) in [5, 5.41) is 10.2. The first kappa shape index (κ1) is 23.4. The maximum Gasteiger partial charge on any atom is 0.322 e. The van der Waals surface area contributed by atoms with Crippen LogP contribution in [-0.2, 0) is 28.4 Å². The summed E-state index contributed by atoms with van der Waals surface area (Å²) in [6.07, 6.45) is 0.876. The second-order valence-corrected chi connectivity index (χ2v) is 8.24. The number of carbonyl (C=O) groups excluding carboxylic acids is 2. The van der Waals surface area contributed by atoms with E-state index in [1.54, 1.807) is 18.8 Å². The summed E-state index contributed by atoms with van der Waals surface area (Å²) in [5.41, 5.74) is 2.58. The van der Waals surface area contributed by atoms with Crippen LogP contribution in [0.4, 0.5) is 16.3 Å².